The fraction of sp³-hybridized carbons (Fsp3) is 0.727. The molecule has 1 aromatic rings. The maximum absolute atomic E-state index is 4.77. The summed E-state index contributed by atoms with van der Waals surface area (Å²) in [6.45, 7) is 6.20. The van der Waals surface area contributed by atoms with Gasteiger partial charge < -0.3 is 9.80 Å². The standard InChI is InChI=1S/C22H34N3/c1-4-14-24(15-5-1)22-11-16-25(17-12-22)21-9-7-19(8-10-21)18-20-6-2-3-13-23-20/h7-10,20,22H,1-6,11-18H2. The highest BCUT2D eigenvalue weighted by Crippen LogP contribution is 2.25. The van der Waals surface area contributed by atoms with Crippen LogP contribution in [0.2, 0.25) is 0 Å². The van der Waals surface area contributed by atoms with Gasteiger partial charge in [-0.3, -0.25) is 0 Å². The quantitative estimate of drug-likeness (QED) is 0.830. The molecule has 3 heterocycles. The topological polar surface area (TPSA) is 20.6 Å². The Morgan fingerprint density at radius 2 is 1.56 bits per heavy atom. The molecule has 3 heteroatoms. The zero-order chi connectivity index (χ0) is 16.9. The van der Waals surface area contributed by atoms with Crippen molar-refractivity contribution in [2.75, 3.05) is 37.6 Å². The molecule has 0 amide bonds. The Bertz CT molecular complexity index is 507. The van der Waals surface area contributed by atoms with Crippen molar-refractivity contribution in [3.63, 3.8) is 0 Å². The van der Waals surface area contributed by atoms with E-state index in [0.717, 1.165) is 19.0 Å². The van der Waals surface area contributed by atoms with Gasteiger partial charge in [0.1, 0.15) is 0 Å². The van der Waals surface area contributed by atoms with Crippen LogP contribution in [0.1, 0.15) is 56.9 Å². The average Bonchev–Trinajstić information content (AvgIpc) is 2.70. The molecule has 137 valence electrons. The van der Waals surface area contributed by atoms with E-state index in [4.69, 9.17) is 5.32 Å². The van der Waals surface area contributed by atoms with E-state index < -0.39 is 0 Å². The highest BCUT2D eigenvalue weighted by atomic mass is 15.2. The molecule has 0 saturated carbocycles. The summed E-state index contributed by atoms with van der Waals surface area (Å²) in [6.07, 6.45) is 12.0. The Morgan fingerprint density at radius 3 is 2.24 bits per heavy atom. The van der Waals surface area contributed by atoms with Gasteiger partial charge in [-0.05, 0) is 75.7 Å². The second kappa shape index (κ2) is 8.55. The number of piperidine rings is 3. The highest BCUT2D eigenvalue weighted by molar-refractivity contribution is 5.48. The van der Waals surface area contributed by atoms with Crippen molar-refractivity contribution in [3.8, 4) is 0 Å². The second-order valence-corrected chi connectivity index (χ2v) is 8.24. The molecule has 1 radical (unpaired) electrons. The Morgan fingerprint density at radius 1 is 0.800 bits per heavy atom. The molecule has 1 unspecified atom stereocenters. The summed E-state index contributed by atoms with van der Waals surface area (Å²) >= 11 is 0. The summed E-state index contributed by atoms with van der Waals surface area (Å²) in [5.41, 5.74) is 2.88. The van der Waals surface area contributed by atoms with Crippen molar-refractivity contribution in [1.82, 2.24) is 10.2 Å². The van der Waals surface area contributed by atoms with Gasteiger partial charge >= 0.3 is 0 Å². The van der Waals surface area contributed by atoms with Crippen LogP contribution in [0.4, 0.5) is 5.69 Å². The number of nitrogens with zero attached hydrogens (tertiary/aromatic N) is 3. The average molecular weight is 341 g/mol. The molecular weight excluding hydrogens is 306 g/mol. The summed E-state index contributed by atoms with van der Waals surface area (Å²) in [6, 6.07) is 10.8. The normalized spacial score (nSPS) is 26.7. The minimum atomic E-state index is 0.569. The predicted molar refractivity (Wildman–Crippen MR) is 105 cm³/mol. The van der Waals surface area contributed by atoms with E-state index in [1.165, 1.54) is 88.8 Å². The molecule has 3 nitrogen and oxygen atoms in total. The third-order valence-electron chi connectivity index (χ3n) is 6.48. The third-order valence-corrected chi connectivity index (χ3v) is 6.48. The first-order valence-electron chi connectivity index (χ1n) is 10.6. The van der Waals surface area contributed by atoms with E-state index >= 15 is 0 Å². The summed E-state index contributed by atoms with van der Waals surface area (Å²) in [4.78, 5) is 5.35. The van der Waals surface area contributed by atoms with Crippen molar-refractivity contribution < 1.29 is 0 Å². The number of hydrogen-bond acceptors (Lipinski definition) is 2. The Balaban J connectivity index is 1.27. The van der Waals surface area contributed by atoms with Crippen LogP contribution in [-0.2, 0) is 6.42 Å². The van der Waals surface area contributed by atoms with Gasteiger partial charge in [-0.25, -0.2) is 5.32 Å². The molecule has 25 heavy (non-hydrogen) atoms. The fourth-order valence-electron chi connectivity index (χ4n) is 4.91. The molecule has 0 bridgehead atoms. The van der Waals surface area contributed by atoms with E-state index in [9.17, 15) is 0 Å². The highest BCUT2D eigenvalue weighted by Gasteiger charge is 2.25. The molecule has 1 aromatic carbocycles. The summed E-state index contributed by atoms with van der Waals surface area (Å²) in [5, 5.41) is 4.77. The predicted octanol–water partition coefficient (Wildman–Crippen LogP) is 3.84. The van der Waals surface area contributed by atoms with Gasteiger partial charge in [0.25, 0.3) is 0 Å². The molecule has 3 aliphatic rings. The monoisotopic (exact) mass is 340 g/mol. The van der Waals surface area contributed by atoms with Gasteiger partial charge in [0.15, 0.2) is 0 Å². The second-order valence-electron chi connectivity index (χ2n) is 8.24. The van der Waals surface area contributed by atoms with Crippen LogP contribution < -0.4 is 10.2 Å². The molecule has 3 aliphatic heterocycles. The van der Waals surface area contributed by atoms with Crippen molar-refractivity contribution in [3.05, 3.63) is 29.8 Å². The smallest absolute Gasteiger partial charge is 0.0366 e. The van der Waals surface area contributed by atoms with Crippen LogP contribution in [-0.4, -0.2) is 49.7 Å². The fourth-order valence-corrected chi connectivity index (χ4v) is 4.91. The number of rotatable bonds is 4. The van der Waals surface area contributed by atoms with Crippen LogP contribution in [0.15, 0.2) is 24.3 Å². The van der Waals surface area contributed by atoms with E-state index in [1.54, 1.807) is 0 Å². The SMILES string of the molecule is c1cc(N2CCC(N3CCCCC3)CC2)ccc1CC1CCCC[N]1. The van der Waals surface area contributed by atoms with Gasteiger partial charge in [0, 0.05) is 37.4 Å². The van der Waals surface area contributed by atoms with Crippen LogP contribution >= 0.6 is 0 Å². The molecule has 0 spiro atoms. The lowest BCUT2D eigenvalue weighted by molar-refractivity contribution is 0.141. The number of anilines is 1. The maximum atomic E-state index is 4.77. The molecule has 0 aliphatic carbocycles. The van der Waals surface area contributed by atoms with E-state index in [2.05, 4.69) is 34.1 Å². The van der Waals surface area contributed by atoms with E-state index in [-0.39, 0.29) is 0 Å². The Kier molecular flexibility index (Phi) is 5.94. The van der Waals surface area contributed by atoms with Gasteiger partial charge in [-0.2, -0.15) is 0 Å². The summed E-state index contributed by atoms with van der Waals surface area (Å²) < 4.78 is 0. The summed E-state index contributed by atoms with van der Waals surface area (Å²) in [7, 11) is 0. The largest absolute Gasteiger partial charge is 0.371 e. The van der Waals surface area contributed by atoms with Crippen molar-refractivity contribution in [2.24, 2.45) is 0 Å². The molecule has 3 saturated heterocycles. The third kappa shape index (κ3) is 4.57. The summed E-state index contributed by atoms with van der Waals surface area (Å²) in [5.74, 6) is 0. The Labute approximate surface area is 153 Å². The van der Waals surface area contributed by atoms with Gasteiger partial charge in [0.2, 0.25) is 0 Å². The lowest BCUT2D eigenvalue weighted by atomic mass is 9.97. The number of benzene rings is 1. The first kappa shape index (κ1) is 17.4. The Hall–Kier alpha value is -1.06. The molecule has 3 fully saturated rings. The van der Waals surface area contributed by atoms with Gasteiger partial charge in [-0.15, -0.1) is 0 Å². The zero-order valence-electron chi connectivity index (χ0n) is 15.7. The van der Waals surface area contributed by atoms with Crippen LogP contribution in [0.25, 0.3) is 0 Å². The van der Waals surface area contributed by atoms with E-state index in [1.807, 2.05) is 0 Å². The molecular formula is C22H34N3. The van der Waals surface area contributed by atoms with Crippen molar-refractivity contribution in [1.29, 1.82) is 0 Å². The lowest BCUT2D eigenvalue weighted by Crippen LogP contribution is -2.46. The molecule has 0 N–H and O–H groups in total. The molecule has 0 aromatic heterocycles. The van der Waals surface area contributed by atoms with Crippen LogP contribution in [0.5, 0.6) is 0 Å². The number of hydrogen-bond donors (Lipinski definition) is 0. The number of likely N-dealkylation sites (tertiary alicyclic amines) is 1. The first-order valence-corrected chi connectivity index (χ1v) is 10.6. The van der Waals surface area contributed by atoms with Crippen molar-refractivity contribution in [2.45, 2.75) is 69.9 Å². The molecule has 4 rings (SSSR count). The van der Waals surface area contributed by atoms with Gasteiger partial charge in [0.05, 0.1) is 0 Å². The van der Waals surface area contributed by atoms with E-state index in [0.29, 0.717) is 6.04 Å². The molecule has 1 atom stereocenters. The zero-order valence-corrected chi connectivity index (χ0v) is 15.7. The first-order chi connectivity index (χ1) is 12.4. The maximum Gasteiger partial charge on any atom is 0.0366 e. The van der Waals surface area contributed by atoms with Crippen LogP contribution in [0.3, 0.4) is 0 Å². The van der Waals surface area contributed by atoms with Gasteiger partial charge in [-0.1, -0.05) is 25.0 Å². The van der Waals surface area contributed by atoms with Crippen molar-refractivity contribution >= 4 is 5.69 Å². The lowest BCUT2D eigenvalue weighted by Gasteiger charge is -2.41. The minimum absolute atomic E-state index is 0.569. The van der Waals surface area contributed by atoms with Crippen LogP contribution in [0, 0.1) is 0 Å². The minimum Gasteiger partial charge on any atom is -0.371 e.